The number of carboxylic acid groups (broad SMARTS) is 1. The van der Waals surface area contributed by atoms with Gasteiger partial charge >= 0.3 is 5.97 Å². The molecule has 0 aliphatic heterocycles. The van der Waals surface area contributed by atoms with Crippen LogP contribution in [0.15, 0.2) is 30.5 Å². The lowest BCUT2D eigenvalue weighted by molar-refractivity contribution is -0.143. The SMILES string of the molecule is CC(C)C(CNC(=O)Cc1c[nH]c2ccccc12)C(=O)O. The standard InChI is InChI=1S/C16H20N2O3/c1-10(2)13(16(20)21)9-18-15(19)7-11-8-17-14-6-4-3-5-12(11)14/h3-6,8,10,13,17H,7,9H2,1-2H3,(H,18,19)(H,20,21). The predicted octanol–water partition coefficient (Wildman–Crippen LogP) is 2.18. The van der Waals surface area contributed by atoms with Gasteiger partial charge in [-0.3, -0.25) is 9.59 Å². The summed E-state index contributed by atoms with van der Waals surface area (Å²) in [5, 5.41) is 12.8. The summed E-state index contributed by atoms with van der Waals surface area (Å²) in [7, 11) is 0. The molecule has 2 aromatic rings. The summed E-state index contributed by atoms with van der Waals surface area (Å²) in [5.74, 6) is -1.61. The summed E-state index contributed by atoms with van der Waals surface area (Å²) in [5.41, 5.74) is 1.91. The van der Waals surface area contributed by atoms with E-state index in [0.717, 1.165) is 16.5 Å². The highest BCUT2D eigenvalue weighted by molar-refractivity contribution is 5.89. The van der Waals surface area contributed by atoms with E-state index in [0.29, 0.717) is 0 Å². The molecule has 1 aromatic heterocycles. The number of fused-ring (bicyclic) bond motifs is 1. The fourth-order valence-corrected chi connectivity index (χ4v) is 2.35. The Morgan fingerprint density at radius 1 is 1.29 bits per heavy atom. The summed E-state index contributed by atoms with van der Waals surface area (Å²) < 4.78 is 0. The second kappa shape index (κ2) is 6.43. The Balaban J connectivity index is 1.97. The normalized spacial score (nSPS) is 12.5. The van der Waals surface area contributed by atoms with Gasteiger partial charge in [0, 0.05) is 23.6 Å². The quantitative estimate of drug-likeness (QED) is 0.762. The molecule has 0 spiro atoms. The van der Waals surface area contributed by atoms with E-state index in [1.807, 2.05) is 44.3 Å². The molecule has 2 rings (SSSR count). The third kappa shape index (κ3) is 3.62. The molecule has 5 nitrogen and oxygen atoms in total. The number of H-pyrrole nitrogens is 1. The molecular weight excluding hydrogens is 268 g/mol. The second-order valence-electron chi connectivity index (χ2n) is 5.53. The Kier molecular flexibility index (Phi) is 4.62. The van der Waals surface area contributed by atoms with Crippen LogP contribution in [0.3, 0.4) is 0 Å². The van der Waals surface area contributed by atoms with E-state index < -0.39 is 11.9 Å². The summed E-state index contributed by atoms with van der Waals surface area (Å²) >= 11 is 0. The van der Waals surface area contributed by atoms with Crippen molar-refractivity contribution < 1.29 is 14.7 Å². The van der Waals surface area contributed by atoms with E-state index in [-0.39, 0.29) is 24.8 Å². The Hall–Kier alpha value is -2.30. The number of hydrogen-bond donors (Lipinski definition) is 3. The zero-order valence-corrected chi connectivity index (χ0v) is 12.2. The van der Waals surface area contributed by atoms with Crippen LogP contribution in [-0.2, 0) is 16.0 Å². The molecule has 1 atom stereocenters. The first-order valence-electron chi connectivity index (χ1n) is 7.03. The first-order valence-corrected chi connectivity index (χ1v) is 7.03. The lowest BCUT2D eigenvalue weighted by Gasteiger charge is -2.16. The molecule has 0 radical (unpaired) electrons. The molecular formula is C16H20N2O3. The van der Waals surface area contributed by atoms with Gasteiger partial charge in [-0.25, -0.2) is 0 Å². The largest absolute Gasteiger partial charge is 0.481 e. The zero-order chi connectivity index (χ0) is 15.4. The number of nitrogens with one attached hydrogen (secondary N) is 2. The van der Waals surface area contributed by atoms with Gasteiger partial charge in [0.15, 0.2) is 0 Å². The van der Waals surface area contributed by atoms with Gasteiger partial charge in [0.25, 0.3) is 0 Å². The molecule has 0 aliphatic rings. The van der Waals surface area contributed by atoms with Crippen molar-refractivity contribution in [3.8, 4) is 0 Å². The molecule has 1 amide bonds. The van der Waals surface area contributed by atoms with Crippen molar-refractivity contribution in [2.45, 2.75) is 20.3 Å². The monoisotopic (exact) mass is 288 g/mol. The van der Waals surface area contributed by atoms with Crippen LogP contribution in [0.25, 0.3) is 10.9 Å². The van der Waals surface area contributed by atoms with Crippen LogP contribution in [0.5, 0.6) is 0 Å². The molecule has 5 heteroatoms. The smallest absolute Gasteiger partial charge is 0.308 e. The predicted molar refractivity (Wildman–Crippen MR) is 81.0 cm³/mol. The maximum absolute atomic E-state index is 12.0. The first kappa shape index (κ1) is 15.1. The van der Waals surface area contributed by atoms with Crippen molar-refractivity contribution in [3.63, 3.8) is 0 Å². The van der Waals surface area contributed by atoms with Crippen LogP contribution in [0.2, 0.25) is 0 Å². The molecule has 112 valence electrons. The molecule has 1 aromatic carbocycles. The molecule has 0 fully saturated rings. The molecule has 1 unspecified atom stereocenters. The van der Waals surface area contributed by atoms with Crippen LogP contribution in [0, 0.1) is 11.8 Å². The number of carbonyl (C=O) groups excluding carboxylic acids is 1. The van der Waals surface area contributed by atoms with Crippen molar-refractivity contribution in [1.82, 2.24) is 10.3 Å². The number of amides is 1. The summed E-state index contributed by atoms with van der Waals surface area (Å²) in [6.07, 6.45) is 2.07. The molecule has 3 N–H and O–H groups in total. The van der Waals surface area contributed by atoms with Crippen LogP contribution >= 0.6 is 0 Å². The third-order valence-electron chi connectivity index (χ3n) is 3.67. The minimum absolute atomic E-state index is 0.0177. The van der Waals surface area contributed by atoms with Gasteiger partial charge in [-0.05, 0) is 17.5 Å². The van der Waals surface area contributed by atoms with Crippen molar-refractivity contribution in [2.75, 3.05) is 6.54 Å². The van der Waals surface area contributed by atoms with Crippen LogP contribution in [0.4, 0.5) is 0 Å². The molecule has 1 heterocycles. The number of para-hydroxylation sites is 1. The third-order valence-corrected chi connectivity index (χ3v) is 3.67. The van der Waals surface area contributed by atoms with Gasteiger partial charge in [-0.1, -0.05) is 32.0 Å². The number of carbonyl (C=O) groups is 2. The van der Waals surface area contributed by atoms with E-state index in [1.165, 1.54) is 0 Å². The number of carboxylic acids is 1. The van der Waals surface area contributed by atoms with E-state index >= 15 is 0 Å². The molecule has 0 aliphatic carbocycles. The average molecular weight is 288 g/mol. The maximum atomic E-state index is 12.0. The van der Waals surface area contributed by atoms with Crippen molar-refractivity contribution >= 4 is 22.8 Å². The first-order chi connectivity index (χ1) is 9.99. The van der Waals surface area contributed by atoms with Gasteiger partial charge in [0.05, 0.1) is 12.3 Å². The Bertz CT molecular complexity index is 646. The van der Waals surface area contributed by atoms with Gasteiger partial charge in [0.2, 0.25) is 5.91 Å². The number of aromatic amines is 1. The van der Waals surface area contributed by atoms with Crippen LogP contribution in [-0.4, -0.2) is 28.5 Å². The highest BCUT2D eigenvalue weighted by atomic mass is 16.4. The minimum atomic E-state index is -0.877. The minimum Gasteiger partial charge on any atom is -0.481 e. The number of aromatic nitrogens is 1. The van der Waals surface area contributed by atoms with E-state index in [4.69, 9.17) is 5.11 Å². The van der Waals surface area contributed by atoms with Gasteiger partial charge in [-0.15, -0.1) is 0 Å². The van der Waals surface area contributed by atoms with Crippen LogP contribution < -0.4 is 5.32 Å². The number of hydrogen-bond acceptors (Lipinski definition) is 2. The van der Waals surface area contributed by atoms with Crippen molar-refractivity contribution in [2.24, 2.45) is 11.8 Å². The number of rotatable bonds is 6. The van der Waals surface area contributed by atoms with Gasteiger partial charge in [0.1, 0.15) is 0 Å². The maximum Gasteiger partial charge on any atom is 0.308 e. The summed E-state index contributed by atoms with van der Waals surface area (Å²) in [6.45, 7) is 3.84. The number of aliphatic carboxylic acids is 1. The fourth-order valence-electron chi connectivity index (χ4n) is 2.35. The highest BCUT2D eigenvalue weighted by Crippen LogP contribution is 2.18. The topological polar surface area (TPSA) is 82.2 Å². The van der Waals surface area contributed by atoms with Crippen LogP contribution in [0.1, 0.15) is 19.4 Å². The van der Waals surface area contributed by atoms with Gasteiger partial charge < -0.3 is 15.4 Å². The Morgan fingerprint density at radius 2 is 2.00 bits per heavy atom. The molecule has 0 saturated heterocycles. The Morgan fingerprint density at radius 3 is 2.67 bits per heavy atom. The highest BCUT2D eigenvalue weighted by Gasteiger charge is 2.22. The fraction of sp³-hybridized carbons (Fsp3) is 0.375. The van der Waals surface area contributed by atoms with E-state index in [1.54, 1.807) is 0 Å². The van der Waals surface area contributed by atoms with Crippen molar-refractivity contribution in [1.29, 1.82) is 0 Å². The lowest BCUT2D eigenvalue weighted by atomic mass is 9.96. The average Bonchev–Trinajstić information content (AvgIpc) is 2.81. The molecule has 0 saturated carbocycles. The van der Waals surface area contributed by atoms with Gasteiger partial charge in [-0.2, -0.15) is 0 Å². The van der Waals surface area contributed by atoms with Crippen molar-refractivity contribution in [3.05, 3.63) is 36.0 Å². The lowest BCUT2D eigenvalue weighted by Crippen LogP contribution is -2.36. The molecule has 21 heavy (non-hydrogen) atoms. The zero-order valence-electron chi connectivity index (χ0n) is 12.2. The summed E-state index contributed by atoms with van der Waals surface area (Å²) in [4.78, 5) is 26.2. The molecule has 0 bridgehead atoms. The van der Waals surface area contributed by atoms with E-state index in [2.05, 4.69) is 10.3 Å². The second-order valence-corrected chi connectivity index (χ2v) is 5.53. The summed E-state index contributed by atoms with van der Waals surface area (Å²) in [6, 6.07) is 7.78. The number of benzene rings is 1. The van der Waals surface area contributed by atoms with E-state index in [9.17, 15) is 9.59 Å². The Labute approximate surface area is 123 Å².